The van der Waals surface area contributed by atoms with Crippen molar-refractivity contribution in [3.63, 3.8) is 0 Å². The van der Waals surface area contributed by atoms with Crippen molar-refractivity contribution in [2.24, 2.45) is 0 Å². The highest BCUT2D eigenvalue weighted by Crippen LogP contribution is 2.39. The van der Waals surface area contributed by atoms with E-state index in [1.807, 2.05) is 18.2 Å². The van der Waals surface area contributed by atoms with Crippen LogP contribution in [0.3, 0.4) is 0 Å². The van der Waals surface area contributed by atoms with E-state index in [0.29, 0.717) is 34.6 Å². The molecule has 5 aromatic rings. The summed E-state index contributed by atoms with van der Waals surface area (Å²) in [6.07, 6.45) is 0.771. The molecule has 0 fully saturated rings. The largest absolute Gasteiger partial charge is 0.507 e. The zero-order chi connectivity index (χ0) is 23.4. The van der Waals surface area contributed by atoms with Gasteiger partial charge in [-0.2, -0.15) is 4.98 Å². The number of imidazole rings is 1. The molecule has 0 amide bonds. The van der Waals surface area contributed by atoms with E-state index in [-0.39, 0.29) is 5.54 Å². The van der Waals surface area contributed by atoms with Crippen LogP contribution in [0.15, 0.2) is 47.8 Å². The summed E-state index contributed by atoms with van der Waals surface area (Å²) in [5.41, 5.74) is 4.36. The van der Waals surface area contributed by atoms with Crippen LogP contribution < -0.4 is 10.1 Å². The second kappa shape index (κ2) is 8.09. The van der Waals surface area contributed by atoms with Crippen LogP contribution in [0, 0.1) is 3.83 Å². The van der Waals surface area contributed by atoms with Gasteiger partial charge in [0, 0.05) is 50.3 Å². The van der Waals surface area contributed by atoms with Crippen LogP contribution in [-0.4, -0.2) is 37.8 Å². The number of aromatic nitrogens is 4. The number of nitrogens with zero attached hydrogens (tertiary/aromatic N) is 4. The molecule has 0 saturated carbocycles. The number of anilines is 1. The number of thiophene rings is 1. The number of rotatable bonds is 5. The quantitative estimate of drug-likeness (QED) is 0.201. The third-order valence-corrected chi connectivity index (χ3v) is 7.59. The van der Waals surface area contributed by atoms with E-state index in [2.05, 4.69) is 84.9 Å². The number of phenolic OH excluding ortho intramolecular Hbond substituents is 1. The number of halogens is 1. The first-order valence-corrected chi connectivity index (χ1v) is 13.0. The molecule has 4 heterocycles. The Morgan fingerprint density at radius 3 is 2.88 bits per heavy atom. The van der Waals surface area contributed by atoms with Crippen molar-refractivity contribution in [3.05, 3.63) is 57.2 Å². The smallest absolute Gasteiger partial charge is 0.299 e. The Hall–Kier alpha value is -2.92. The van der Waals surface area contributed by atoms with Crippen molar-refractivity contribution < 1.29 is 9.84 Å². The van der Waals surface area contributed by atoms with Gasteiger partial charge in [-0.3, -0.25) is 4.57 Å². The molecule has 34 heavy (non-hydrogen) atoms. The Balaban J connectivity index is 1.26. The van der Waals surface area contributed by atoms with E-state index in [9.17, 15) is 5.11 Å². The van der Waals surface area contributed by atoms with E-state index < -0.39 is 0 Å². The Morgan fingerprint density at radius 2 is 2.00 bits per heavy atom. The van der Waals surface area contributed by atoms with E-state index >= 15 is 0 Å². The molecule has 6 rings (SSSR count). The monoisotopic (exact) mass is 583 g/mol. The minimum absolute atomic E-state index is 0.201. The highest BCUT2D eigenvalue weighted by molar-refractivity contribution is 14.1. The lowest BCUT2D eigenvalue weighted by Crippen LogP contribution is -2.26. The average Bonchev–Trinajstić information content (AvgIpc) is 3.48. The highest BCUT2D eigenvalue weighted by Gasteiger charge is 2.36. The molecule has 0 radical (unpaired) electrons. The van der Waals surface area contributed by atoms with Crippen LogP contribution in [0.4, 0.5) is 5.82 Å². The number of phenols is 1. The maximum atomic E-state index is 10.6. The molecule has 0 unspecified atom stereocenters. The number of benzene rings is 2. The molecule has 1 aliphatic heterocycles. The topological polar surface area (TPSA) is 85.1 Å². The molecule has 2 aromatic carbocycles. The Bertz CT molecular complexity index is 1560. The molecule has 1 aliphatic rings. The third-order valence-electron chi connectivity index (χ3n) is 6.15. The van der Waals surface area contributed by atoms with Crippen molar-refractivity contribution in [1.29, 1.82) is 0 Å². The standard InChI is InChI=1S/C25H22IN5O2S/c1-25(2)13-33-24-28-20-21(29-23(26)30-22(20)31(24)25)27-10-9-14-7-8-18(32)16(11-14)17-12-34-19-6-4-3-5-15(17)19/h3-8,11-12,32H,9-10,13H2,1-2H3,(H,27,29,30). The molecule has 0 saturated heterocycles. The van der Waals surface area contributed by atoms with E-state index in [1.54, 1.807) is 17.4 Å². The van der Waals surface area contributed by atoms with Crippen molar-refractivity contribution in [2.75, 3.05) is 18.5 Å². The lowest BCUT2D eigenvalue weighted by atomic mass is 10.00. The lowest BCUT2D eigenvalue weighted by molar-refractivity contribution is 0.268. The molecular weight excluding hydrogens is 561 g/mol. The van der Waals surface area contributed by atoms with Crippen molar-refractivity contribution >= 4 is 61.0 Å². The predicted octanol–water partition coefficient (Wildman–Crippen LogP) is 5.80. The van der Waals surface area contributed by atoms with Crippen molar-refractivity contribution in [2.45, 2.75) is 25.8 Å². The fourth-order valence-corrected chi connectivity index (χ4v) is 5.88. The van der Waals surface area contributed by atoms with Gasteiger partial charge in [-0.15, -0.1) is 11.3 Å². The summed E-state index contributed by atoms with van der Waals surface area (Å²) in [5, 5.41) is 17.3. The van der Waals surface area contributed by atoms with Gasteiger partial charge in [0.15, 0.2) is 20.8 Å². The summed E-state index contributed by atoms with van der Waals surface area (Å²) in [6, 6.07) is 14.7. The van der Waals surface area contributed by atoms with Gasteiger partial charge < -0.3 is 15.2 Å². The van der Waals surface area contributed by atoms with Crippen LogP contribution in [-0.2, 0) is 12.0 Å². The van der Waals surface area contributed by atoms with Gasteiger partial charge >= 0.3 is 0 Å². The number of hydrogen-bond acceptors (Lipinski definition) is 7. The van der Waals surface area contributed by atoms with Gasteiger partial charge in [0.1, 0.15) is 12.4 Å². The number of hydrogen-bond donors (Lipinski definition) is 2. The summed E-state index contributed by atoms with van der Waals surface area (Å²) in [5.74, 6) is 1.00. The van der Waals surface area contributed by atoms with Crippen molar-refractivity contribution in [3.8, 4) is 22.9 Å². The molecule has 3 aromatic heterocycles. The van der Waals surface area contributed by atoms with Crippen LogP contribution in [0.5, 0.6) is 11.8 Å². The van der Waals surface area contributed by atoms with Gasteiger partial charge in [-0.25, -0.2) is 9.97 Å². The average molecular weight is 583 g/mol. The summed E-state index contributed by atoms with van der Waals surface area (Å²) < 4.78 is 9.71. The van der Waals surface area contributed by atoms with Gasteiger partial charge in [0.2, 0.25) is 0 Å². The van der Waals surface area contributed by atoms with Gasteiger partial charge in [0.25, 0.3) is 6.01 Å². The molecule has 9 heteroatoms. The van der Waals surface area contributed by atoms with Crippen LogP contribution in [0.1, 0.15) is 19.4 Å². The Labute approximate surface area is 214 Å². The number of fused-ring (bicyclic) bond motifs is 4. The molecule has 0 spiro atoms. The summed E-state index contributed by atoms with van der Waals surface area (Å²) in [4.78, 5) is 13.9. The number of aromatic hydroxyl groups is 1. The Kier molecular flexibility index (Phi) is 5.14. The van der Waals surface area contributed by atoms with Crippen LogP contribution in [0.2, 0.25) is 0 Å². The molecule has 0 bridgehead atoms. The lowest BCUT2D eigenvalue weighted by Gasteiger charge is -2.18. The predicted molar refractivity (Wildman–Crippen MR) is 144 cm³/mol. The van der Waals surface area contributed by atoms with Gasteiger partial charge in [-0.1, -0.05) is 24.3 Å². The Morgan fingerprint density at radius 1 is 1.15 bits per heavy atom. The zero-order valence-electron chi connectivity index (χ0n) is 18.7. The first kappa shape index (κ1) is 21.6. The highest BCUT2D eigenvalue weighted by atomic mass is 127. The van der Waals surface area contributed by atoms with E-state index in [1.165, 1.54) is 4.70 Å². The zero-order valence-corrected chi connectivity index (χ0v) is 21.6. The normalized spacial score (nSPS) is 14.4. The fraction of sp³-hybridized carbons (Fsp3) is 0.240. The molecule has 2 N–H and O–H groups in total. The fourth-order valence-electron chi connectivity index (χ4n) is 4.45. The maximum absolute atomic E-state index is 10.6. The second-order valence-electron chi connectivity index (χ2n) is 9.02. The minimum atomic E-state index is -0.201. The van der Waals surface area contributed by atoms with Gasteiger partial charge in [0.05, 0.1) is 5.54 Å². The molecular formula is C25H22IN5O2S. The van der Waals surface area contributed by atoms with Crippen LogP contribution in [0.25, 0.3) is 32.4 Å². The van der Waals surface area contributed by atoms with Gasteiger partial charge in [-0.05, 0) is 49.4 Å². The number of ether oxygens (including phenoxy) is 1. The molecule has 0 aliphatic carbocycles. The summed E-state index contributed by atoms with van der Waals surface area (Å²) >= 11 is 3.83. The van der Waals surface area contributed by atoms with E-state index in [0.717, 1.165) is 39.7 Å². The summed E-state index contributed by atoms with van der Waals surface area (Å²) in [6.45, 7) is 5.48. The minimum Gasteiger partial charge on any atom is -0.507 e. The SMILES string of the molecule is CC1(C)COc2nc3c(NCCc4ccc(O)c(-c5csc6ccccc56)c4)nc(I)nc3n21. The molecule has 172 valence electrons. The van der Waals surface area contributed by atoms with Crippen molar-refractivity contribution in [1.82, 2.24) is 19.5 Å². The first-order chi connectivity index (χ1) is 16.4. The second-order valence-corrected chi connectivity index (χ2v) is 10.9. The number of nitrogens with one attached hydrogen (secondary N) is 1. The van der Waals surface area contributed by atoms with Crippen LogP contribution >= 0.6 is 33.9 Å². The first-order valence-electron chi connectivity index (χ1n) is 11.0. The third kappa shape index (κ3) is 3.58. The molecule has 0 atom stereocenters. The maximum Gasteiger partial charge on any atom is 0.299 e. The van der Waals surface area contributed by atoms with E-state index in [4.69, 9.17) is 4.74 Å². The molecule has 7 nitrogen and oxygen atoms in total. The summed E-state index contributed by atoms with van der Waals surface area (Å²) in [7, 11) is 0.